The Kier molecular flexibility index (Phi) is 6.35. The highest BCUT2D eigenvalue weighted by atomic mass is 16.3. The molecular weight excluding hydrogens is 244 g/mol. The third kappa shape index (κ3) is 6.24. The van der Waals surface area contributed by atoms with E-state index in [-0.39, 0.29) is 12.1 Å². The van der Waals surface area contributed by atoms with E-state index < -0.39 is 0 Å². The number of carbonyl (C=O) groups excluding carboxylic acids is 1. The minimum atomic E-state index is -0.386. The zero-order chi connectivity index (χ0) is 14.3. The summed E-state index contributed by atoms with van der Waals surface area (Å²) < 4.78 is 2.07. The van der Waals surface area contributed by atoms with Crippen molar-refractivity contribution in [1.29, 1.82) is 0 Å². The van der Waals surface area contributed by atoms with Gasteiger partial charge in [-0.15, -0.1) is 0 Å². The van der Waals surface area contributed by atoms with Crippen molar-refractivity contribution in [2.75, 3.05) is 13.1 Å². The number of nitrogens with one attached hydrogen (secondary N) is 2. The van der Waals surface area contributed by atoms with E-state index in [0.717, 1.165) is 12.4 Å². The summed E-state index contributed by atoms with van der Waals surface area (Å²) in [4.78, 5) is 15.6. The number of urea groups is 1. The fraction of sp³-hybridized carbons (Fsp3) is 0.692. The van der Waals surface area contributed by atoms with Gasteiger partial charge in [-0.25, -0.2) is 9.78 Å². The predicted octanol–water partition coefficient (Wildman–Crippen LogP) is 0.898. The highest BCUT2D eigenvalue weighted by Crippen LogP contribution is 2.02. The third-order valence-electron chi connectivity index (χ3n) is 2.89. The standard InChI is InChI=1S/C13H24N4O2/c1-10(9-17-7-6-14-12(17)3)8-16-13(19)15-5-4-11(2)18/h6-7,10-11,18H,4-5,8-9H2,1-3H3,(H2,15,16,19). The topological polar surface area (TPSA) is 79.2 Å². The third-order valence-corrected chi connectivity index (χ3v) is 2.89. The summed E-state index contributed by atoms with van der Waals surface area (Å²) in [6.45, 7) is 7.67. The van der Waals surface area contributed by atoms with Gasteiger partial charge in [0.15, 0.2) is 0 Å². The summed E-state index contributed by atoms with van der Waals surface area (Å²) in [5.74, 6) is 1.31. The Balaban J connectivity index is 2.17. The van der Waals surface area contributed by atoms with E-state index in [1.165, 1.54) is 0 Å². The molecule has 0 bridgehead atoms. The number of aliphatic hydroxyl groups is 1. The van der Waals surface area contributed by atoms with Crippen molar-refractivity contribution < 1.29 is 9.90 Å². The molecule has 0 aliphatic heterocycles. The number of amides is 2. The van der Waals surface area contributed by atoms with E-state index in [0.29, 0.717) is 25.4 Å². The Morgan fingerprint density at radius 1 is 1.47 bits per heavy atom. The first kappa shape index (κ1) is 15.5. The quantitative estimate of drug-likeness (QED) is 0.687. The fourth-order valence-corrected chi connectivity index (χ4v) is 1.72. The molecule has 2 atom stereocenters. The summed E-state index contributed by atoms with van der Waals surface area (Å²) >= 11 is 0. The van der Waals surface area contributed by atoms with Crippen LogP contribution in [0.2, 0.25) is 0 Å². The van der Waals surface area contributed by atoms with E-state index in [1.807, 2.05) is 13.1 Å². The van der Waals surface area contributed by atoms with Gasteiger partial charge in [0.1, 0.15) is 5.82 Å². The van der Waals surface area contributed by atoms with Crippen LogP contribution in [0, 0.1) is 12.8 Å². The minimum Gasteiger partial charge on any atom is -0.393 e. The molecular formula is C13H24N4O2. The lowest BCUT2D eigenvalue weighted by atomic mass is 10.2. The van der Waals surface area contributed by atoms with Gasteiger partial charge in [0.25, 0.3) is 0 Å². The van der Waals surface area contributed by atoms with Gasteiger partial charge in [-0.3, -0.25) is 0 Å². The van der Waals surface area contributed by atoms with Crippen LogP contribution in [-0.4, -0.2) is 39.9 Å². The molecule has 1 aromatic rings. The predicted molar refractivity (Wildman–Crippen MR) is 73.8 cm³/mol. The smallest absolute Gasteiger partial charge is 0.314 e. The molecule has 6 heteroatoms. The first-order chi connectivity index (χ1) is 8.99. The zero-order valence-electron chi connectivity index (χ0n) is 11.9. The molecule has 0 aliphatic rings. The molecule has 0 aliphatic carbocycles. The first-order valence-electron chi connectivity index (χ1n) is 6.66. The molecule has 0 fully saturated rings. The first-order valence-corrected chi connectivity index (χ1v) is 6.66. The summed E-state index contributed by atoms with van der Waals surface area (Å²) in [7, 11) is 0. The molecule has 0 saturated heterocycles. The minimum absolute atomic E-state index is 0.185. The van der Waals surface area contributed by atoms with Crippen LogP contribution in [0.15, 0.2) is 12.4 Å². The second kappa shape index (κ2) is 7.78. The molecule has 1 aromatic heterocycles. The molecule has 0 saturated carbocycles. The van der Waals surface area contributed by atoms with Crippen molar-refractivity contribution in [3.05, 3.63) is 18.2 Å². The molecule has 1 rings (SSSR count). The molecule has 0 radical (unpaired) electrons. The Morgan fingerprint density at radius 3 is 2.79 bits per heavy atom. The van der Waals surface area contributed by atoms with Gasteiger partial charge < -0.3 is 20.3 Å². The largest absolute Gasteiger partial charge is 0.393 e. The van der Waals surface area contributed by atoms with Gasteiger partial charge in [-0.2, -0.15) is 0 Å². The van der Waals surface area contributed by atoms with Crippen molar-refractivity contribution in [3.8, 4) is 0 Å². The number of hydrogen-bond donors (Lipinski definition) is 3. The molecule has 1 heterocycles. The maximum atomic E-state index is 11.5. The van der Waals surface area contributed by atoms with E-state index in [9.17, 15) is 4.79 Å². The summed E-state index contributed by atoms with van der Waals surface area (Å²) in [6.07, 6.45) is 3.90. The van der Waals surface area contributed by atoms with E-state index >= 15 is 0 Å². The monoisotopic (exact) mass is 268 g/mol. The normalized spacial score (nSPS) is 13.9. The van der Waals surface area contributed by atoms with Crippen LogP contribution in [0.1, 0.15) is 26.1 Å². The molecule has 108 valence electrons. The van der Waals surface area contributed by atoms with Gasteiger partial charge in [0.05, 0.1) is 6.10 Å². The van der Waals surface area contributed by atoms with Crippen molar-refractivity contribution in [2.24, 2.45) is 5.92 Å². The molecule has 19 heavy (non-hydrogen) atoms. The number of rotatable bonds is 7. The van der Waals surface area contributed by atoms with Crippen LogP contribution in [0.5, 0.6) is 0 Å². The molecule has 0 aromatic carbocycles. The van der Waals surface area contributed by atoms with Crippen molar-refractivity contribution in [1.82, 2.24) is 20.2 Å². The number of aliphatic hydroxyl groups excluding tert-OH is 1. The lowest BCUT2D eigenvalue weighted by Crippen LogP contribution is -2.39. The zero-order valence-corrected chi connectivity index (χ0v) is 11.9. The van der Waals surface area contributed by atoms with Gasteiger partial charge in [0, 0.05) is 32.0 Å². The van der Waals surface area contributed by atoms with Crippen LogP contribution in [0.25, 0.3) is 0 Å². The molecule has 6 nitrogen and oxygen atoms in total. The lowest BCUT2D eigenvalue weighted by molar-refractivity contribution is 0.183. The lowest BCUT2D eigenvalue weighted by Gasteiger charge is -2.15. The van der Waals surface area contributed by atoms with Crippen molar-refractivity contribution in [3.63, 3.8) is 0 Å². The SMILES string of the molecule is Cc1nccn1CC(C)CNC(=O)NCCC(C)O. The Hall–Kier alpha value is -1.56. The summed E-state index contributed by atoms with van der Waals surface area (Å²) in [6, 6.07) is -0.185. The average Bonchev–Trinajstić information content (AvgIpc) is 2.72. The number of carbonyl (C=O) groups is 1. The summed E-state index contributed by atoms with van der Waals surface area (Å²) in [5, 5.41) is 14.6. The second-order valence-electron chi connectivity index (χ2n) is 5.01. The van der Waals surface area contributed by atoms with E-state index in [4.69, 9.17) is 5.11 Å². The van der Waals surface area contributed by atoms with Gasteiger partial charge >= 0.3 is 6.03 Å². The van der Waals surface area contributed by atoms with Crippen LogP contribution in [0.4, 0.5) is 4.79 Å². The van der Waals surface area contributed by atoms with Crippen molar-refractivity contribution >= 4 is 6.03 Å². The Morgan fingerprint density at radius 2 is 2.21 bits per heavy atom. The molecule has 2 amide bonds. The number of nitrogens with zero attached hydrogens (tertiary/aromatic N) is 2. The number of imidazole rings is 1. The van der Waals surface area contributed by atoms with E-state index in [1.54, 1.807) is 13.1 Å². The Labute approximate surface area is 114 Å². The summed E-state index contributed by atoms with van der Waals surface area (Å²) in [5.41, 5.74) is 0. The maximum absolute atomic E-state index is 11.5. The fourth-order valence-electron chi connectivity index (χ4n) is 1.72. The van der Waals surface area contributed by atoms with Gasteiger partial charge in [-0.05, 0) is 26.2 Å². The highest BCUT2D eigenvalue weighted by molar-refractivity contribution is 5.73. The highest BCUT2D eigenvalue weighted by Gasteiger charge is 2.07. The number of aryl methyl sites for hydroxylation is 1. The molecule has 3 N–H and O–H groups in total. The number of aromatic nitrogens is 2. The number of hydrogen-bond acceptors (Lipinski definition) is 3. The van der Waals surface area contributed by atoms with Crippen LogP contribution < -0.4 is 10.6 Å². The average molecular weight is 268 g/mol. The maximum Gasteiger partial charge on any atom is 0.314 e. The van der Waals surface area contributed by atoms with Gasteiger partial charge in [-0.1, -0.05) is 6.92 Å². The van der Waals surface area contributed by atoms with Crippen LogP contribution >= 0.6 is 0 Å². The second-order valence-corrected chi connectivity index (χ2v) is 5.01. The Bertz CT molecular complexity index is 390. The molecule has 2 unspecified atom stereocenters. The van der Waals surface area contributed by atoms with Crippen LogP contribution in [0.3, 0.4) is 0 Å². The van der Waals surface area contributed by atoms with Crippen LogP contribution in [-0.2, 0) is 6.54 Å². The molecule has 0 spiro atoms. The van der Waals surface area contributed by atoms with Gasteiger partial charge in [0.2, 0.25) is 0 Å². The van der Waals surface area contributed by atoms with E-state index in [2.05, 4.69) is 27.1 Å². The van der Waals surface area contributed by atoms with Crippen molar-refractivity contribution in [2.45, 2.75) is 39.8 Å².